The molecule has 5 nitrogen and oxygen atoms in total. The monoisotopic (exact) mass is 286 g/mol. The number of para-hydroxylation sites is 1. The fraction of sp³-hybridized carbons (Fsp3) is 0.0714. The van der Waals surface area contributed by atoms with E-state index in [0.717, 1.165) is 10.2 Å². The zero-order chi connectivity index (χ0) is 13.9. The van der Waals surface area contributed by atoms with Crippen LogP contribution in [-0.2, 0) is 11.2 Å². The molecule has 0 aliphatic rings. The lowest BCUT2D eigenvalue weighted by atomic mass is 10.1. The molecule has 0 unspecified atom stereocenters. The van der Waals surface area contributed by atoms with Crippen LogP contribution in [0.4, 0.5) is 0 Å². The van der Waals surface area contributed by atoms with Crippen LogP contribution in [0.2, 0.25) is 0 Å². The summed E-state index contributed by atoms with van der Waals surface area (Å²) in [5, 5.41) is 11.7. The molecule has 2 heterocycles. The van der Waals surface area contributed by atoms with Crippen molar-refractivity contribution in [1.29, 1.82) is 0 Å². The number of thiophene rings is 1. The summed E-state index contributed by atoms with van der Waals surface area (Å²) < 4.78 is 5.77. The van der Waals surface area contributed by atoms with Crippen molar-refractivity contribution in [2.45, 2.75) is 6.42 Å². The third kappa shape index (κ3) is 2.46. The number of aromatic nitrogens is 2. The van der Waals surface area contributed by atoms with Crippen LogP contribution in [0, 0.1) is 0 Å². The van der Waals surface area contributed by atoms with Crippen molar-refractivity contribution in [3.05, 3.63) is 47.6 Å². The molecule has 3 aromatic rings. The van der Waals surface area contributed by atoms with Crippen LogP contribution >= 0.6 is 11.3 Å². The first-order valence-corrected chi connectivity index (χ1v) is 6.78. The van der Waals surface area contributed by atoms with Gasteiger partial charge in [-0.1, -0.05) is 18.2 Å². The fourth-order valence-corrected chi connectivity index (χ4v) is 2.59. The van der Waals surface area contributed by atoms with Gasteiger partial charge in [-0.05, 0) is 17.5 Å². The number of carbonyl (C=O) groups is 1. The summed E-state index contributed by atoms with van der Waals surface area (Å²) in [5.74, 6) is 0.0413. The Labute approximate surface area is 118 Å². The van der Waals surface area contributed by atoms with Gasteiger partial charge in [-0.25, -0.2) is 9.97 Å². The number of fused-ring (bicyclic) bond motifs is 1. The van der Waals surface area contributed by atoms with Gasteiger partial charge in [0.05, 0.1) is 11.8 Å². The summed E-state index contributed by atoms with van der Waals surface area (Å²) in [6.07, 6.45) is 1.35. The highest BCUT2D eigenvalue weighted by Gasteiger charge is 2.11. The number of carboxylic acids is 1. The van der Waals surface area contributed by atoms with Crippen molar-refractivity contribution >= 4 is 27.5 Å². The van der Waals surface area contributed by atoms with Crippen LogP contribution in [0.15, 0.2) is 42.0 Å². The molecule has 0 atom stereocenters. The smallest absolute Gasteiger partial charge is 0.307 e. The second-order valence-electron chi connectivity index (χ2n) is 4.10. The van der Waals surface area contributed by atoms with Gasteiger partial charge in [0.15, 0.2) is 0 Å². The van der Waals surface area contributed by atoms with E-state index < -0.39 is 5.97 Å². The number of ether oxygens (including phenoxy) is 1. The van der Waals surface area contributed by atoms with Crippen molar-refractivity contribution in [2.75, 3.05) is 0 Å². The molecule has 0 radical (unpaired) electrons. The van der Waals surface area contributed by atoms with Gasteiger partial charge in [0, 0.05) is 5.56 Å². The molecule has 6 heteroatoms. The Morgan fingerprint density at radius 2 is 2.10 bits per heavy atom. The molecule has 0 fully saturated rings. The normalized spacial score (nSPS) is 10.6. The first-order valence-electron chi connectivity index (χ1n) is 5.90. The predicted octanol–water partition coefficient (Wildman–Crippen LogP) is 3.11. The standard InChI is InChI=1S/C14H10N2O3S/c17-12(18)7-9-3-1-2-4-11(9)19-13-10-5-6-20-14(10)16-8-15-13/h1-6,8H,7H2,(H,17,18). The lowest BCUT2D eigenvalue weighted by Gasteiger charge is -2.09. The first-order chi connectivity index (χ1) is 9.74. The number of hydrogen-bond donors (Lipinski definition) is 1. The van der Waals surface area contributed by atoms with Gasteiger partial charge in [0.1, 0.15) is 16.9 Å². The van der Waals surface area contributed by atoms with Crippen LogP contribution in [0.5, 0.6) is 11.6 Å². The second-order valence-corrected chi connectivity index (χ2v) is 4.99. The number of aliphatic carboxylic acids is 1. The molecular formula is C14H10N2O3S. The van der Waals surface area contributed by atoms with Gasteiger partial charge >= 0.3 is 5.97 Å². The van der Waals surface area contributed by atoms with Crippen LogP contribution in [0.3, 0.4) is 0 Å². The van der Waals surface area contributed by atoms with E-state index in [1.807, 2.05) is 11.4 Å². The molecule has 0 saturated heterocycles. The van der Waals surface area contributed by atoms with Gasteiger partial charge in [-0.15, -0.1) is 11.3 Å². The predicted molar refractivity (Wildman–Crippen MR) is 75.3 cm³/mol. The average molecular weight is 286 g/mol. The van der Waals surface area contributed by atoms with Crippen molar-refractivity contribution in [1.82, 2.24) is 9.97 Å². The molecule has 0 spiro atoms. The number of benzene rings is 1. The largest absolute Gasteiger partial charge is 0.481 e. The maximum absolute atomic E-state index is 10.9. The quantitative estimate of drug-likeness (QED) is 0.797. The highest BCUT2D eigenvalue weighted by Crippen LogP contribution is 2.31. The number of hydrogen-bond acceptors (Lipinski definition) is 5. The second kappa shape index (κ2) is 5.26. The molecule has 0 aliphatic carbocycles. The molecule has 100 valence electrons. The van der Waals surface area contributed by atoms with Crippen molar-refractivity contribution in [2.24, 2.45) is 0 Å². The molecule has 2 aromatic heterocycles. The highest BCUT2D eigenvalue weighted by molar-refractivity contribution is 7.16. The van der Waals surface area contributed by atoms with Crippen LogP contribution in [0.1, 0.15) is 5.56 Å². The molecule has 0 saturated carbocycles. The van der Waals surface area contributed by atoms with E-state index in [1.54, 1.807) is 24.3 Å². The van der Waals surface area contributed by atoms with Crippen molar-refractivity contribution in [3.8, 4) is 11.6 Å². The average Bonchev–Trinajstić information content (AvgIpc) is 2.90. The summed E-state index contributed by atoms with van der Waals surface area (Å²) in [7, 11) is 0. The third-order valence-electron chi connectivity index (χ3n) is 2.75. The molecule has 0 aliphatic heterocycles. The molecule has 1 aromatic carbocycles. The van der Waals surface area contributed by atoms with E-state index in [2.05, 4.69) is 9.97 Å². The Bertz CT molecular complexity index is 770. The summed E-state index contributed by atoms with van der Waals surface area (Å²) in [4.78, 5) is 20.0. The fourth-order valence-electron chi connectivity index (χ4n) is 1.87. The summed E-state index contributed by atoms with van der Waals surface area (Å²) in [6.45, 7) is 0. The Kier molecular flexibility index (Phi) is 3.30. The van der Waals surface area contributed by atoms with Crippen LogP contribution in [0.25, 0.3) is 10.2 Å². The minimum Gasteiger partial charge on any atom is -0.481 e. The zero-order valence-corrected chi connectivity index (χ0v) is 11.1. The SMILES string of the molecule is O=C(O)Cc1ccccc1Oc1ncnc2sccc12. The van der Waals surface area contributed by atoms with Gasteiger partial charge in [-0.3, -0.25) is 4.79 Å². The molecular weight excluding hydrogens is 276 g/mol. The van der Waals surface area contributed by atoms with Gasteiger partial charge < -0.3 is 9.84 Å². The van der Waals surface area contributed by atoms with E-state index in [-0.39, 0.29) is 6.42 Å². The maximum Gasteiger partial charge on any atom is 0.307 e. The van der Waals surface area contributed by atoms with E-state index in [9.17, 15) is 4.79 Å². The van der Waals surface area contributed by atoms with E-state index in [4.69, 9.17) is 9.84 Å². The van der Waals surface area contributed by atoms with E-state index in [0.29, 0.717) is 17.2 Å². The van der Waals surface area contributed by atoms with Crippen LogP contribution in [-0.4, -0.2) is 21.0 Å². The summed E-state index contributed by atoms with van der Waals surface area (Å²) in [5.41, 5.74) is 0.613. The van der Waals surface area contributed by atoms with Crippen molar-refractivity contribution in [3.63, 3.8) is 0 Å². The molecule has 0 bridgehead atoms. The Hall–Kier alpha value is -2.47. The van der Waals surface area contributed by atoms with E-state index in [1.165, 1.54) is 17.7 Å². The number of carboxylic acid groups (broad SMARTS) is 1. The third-order valence-corrected chi connectivity index (χ3v) is 3.57. The molecule has 1 N–H and O–H groups in total. The van der Waals surface area contributed by atoms with Gasteiger partial charge in [0.25, 0.3) is 0 Å². The lowest BCUT2D eigenvalue weighted by molar-refractivity contribution is -0.136. The Morgan fingerprint density at radius 3 is 2.95 bits per heavy atom. The van der Waals surface area contributed by atoms with Gasteiger partial charge in [0.2, 0.25) is 5.88 Å². The Morgan fingerprint density at radius 1 is 1.25 bits per heavy atom. The number of nitrogens with zero attached hydrogens (tertiary/aromatic N) is 2. The van der Waals surface area contributed by atoms with Crippen molar-refractivity contribution < 1.29 is 14.6 Å². The highest BCUT2D eigenvalue weighted by atomic mass is 32.1. The van der Waals surface area contributed by atoms with Crippen LogP contribution < -0.4 is 4.74 Å². The summed E-state index contributed by atoms with van der Waals surface area (Å²) >= 11 is 1.50. The first kappa shape index (κ1) is 12.6. The Balaban J connectivity index is 1.99. The lowest BCUT2D eigenvalue weighted by Crippen LogP contribution is -2.02. The minimum absolute atomic E-state index is 0.0892. The molecule has 0 amide bonds. The van der Waals surface area contributed by atoms with E-state index >= 15 is 0 Å². The van der Waals surface area contributed by atoms with Gasteiger partial charge in [-0.2, -0.15) is 0 Å². The maximum atomic E-state index is 10.9. The summed E-state index contributed by atoms with van der Waals surface area (Å²) in [6, 6.07) is 8.93. The zero-order valence-electron chi connectivity index (χ0n) is 10.3. The molecule has 3 rings (SSSR count). The number of rotatable bonds is 4. The topological polar surface area (TPSA) is 72.3 Å². The molecule has 20 heavy (non-hydrogen) atoms. The minimum atomic E-state index is -0.899.